The summed E-state index contributed by atoms with van der Waals surface area (Å²) < 4.78 is 0. The average Bonchev–Trinajstić information content (AvgIpc) is 3.04. The number of anilines is 2. The van der Waals surface area contributed by atoms with Gasteiger partial charge in [0.25, 0.3) is 0 Å². The lowest BCUT2D eigenvalue weighted by Gasteiger charge is -2.02. The van der Waals surface area contributed by atoms with Gasteiger partial charge in [0, 0.05) is 17.5 Å². The van der Waals surface area contributed by atoms with Crippen molar-refractivity contribution < 1.29 is 0 Å². The Kier molecular flexibility index (Phi) is 4.25. The molecule has 25 heavy (non-hydrogen) atoms. The second kappa shape index (κ2) is 7.01. The van der Waals surface area contributed by atoms with E-state index in [0.717, 1.165) is 33.9 Å². The van der Waals surface area contributed by atoms with Crippen molar-refractivity contribution >= 4 is 22.8 Å². The lowest BCUT2D eigenvalue weighted by atomic mass is 10.1. The first-order chi connectivity index (χ1) is 12.4. The van der Waals surface area contributed by atoms with Crippen molar-refractivity contribution in [1.29, 1.82) is 0 Å². The molecule has 0 heterocycles. The van der Waals surface area contributed by atoms with Crippen LogP contribution in [0.5, 0.6) is 0 Å². The molecule has 3 aromatic rings. The maximum atomic E-state index is 4.60. The van der Waals surface area contributed by atoms with Gasteiger partial charge in [-0.3, -0.25) is 10.9 Å². The first-order valence-corrected chi connectivity index (χ1v) is 8.25. The van der Waals surface area contributed by atoms with Gasteiger partial charge in [-0.05, 0) is 24.3 Å². The van der Waals surface area contributed by atoms with Crippen LogP contribution in [-0.2, 0) is 0 Å². The third kappa shape index (κ3) is 3.43. The molecule has 0 saturated carbocycles. The maximum Gasteiger partial charge on any atom is 0.0746 e. The summed E-state index contributed by atoms with van der Waals surface area (Å²) in [6.45, 7) is 0. The molecule has 122 valence electrons. The fourth-order valence-corrected chi connectivity index (χ4v) is 2.82. The molecular weight excluding hydrogens is 308 g/mol. The quantitative estimate of drug-likeness (QED) is 0.681. The van der Waals surface area contributed by atoms with Crippen molar-refractivity contribution in [3.05, 3.63) is 96.1 Å². The second-order valence-corrected chi connectivity index (χ2v) is 5.80. The van der Waals surface area contributed by atoms with Gasteiger partial charge in [-0.2, -0.15) is 10.2 Å². The van der Waals surface area contributed by atoms with Gasteiger partial charge in [0.2, 0.25) is 0 Å². The number of hydrazone groups is 2. The molecule has 0 aromatic heterocycles. The van der Waals surface area contributed by atoms with Crippen LogP contribution in [0.1, 0.15) is 17.5 Å². The monoisotopic (exact) mass is 326 g/mol. The third-order valence-electron chi connectivity index (χ3n) is 4.07. The lowest BCUT2D eigenvalue weighted by molar-refractivity contribution is 1.29. The zero-order chi connectivity index (χ0) is 16.9. The molecule has 1 aliphatic rings. The molecule has 0 fully saturated rings. The van der Waals surface area contributed by atoms with Gasteiger partial charge >= 0.3 is 0 Å². The Morgan fingerprint density at radius 3 is 1.36 bits per heavy atom. The van der Waals surface area contributed by atoms with E-state index in [4.69, 9.17) is 0 Å². The Hall–Kier alpha value is -3.40. The molecule has 0 saturated heterocycles. The van der Waals surface area contributed by atoms with Crippen LogP contribution in [0.2, 0.25) is 0 Å². The standard InChI is InChI=1S/C21H18N4/c1-3-9-16(10-4-1)22-24-20-15-21(19-14-8-7-13-18(19)20)25-23-17-11-5-2-6-12-17/h1-14,22-23H,15H2/b24-20+,25-21+. The SMILES string of the molecule is c1ccc(N/N=C2\C/C(=N\Nc3ccccc3)c3ccccc32)cc1. The third-order valence-corrected chi connectivity index (χ3v) is 4.07. The van der Waals surface area contributed by atoms with E-state index in [1.165, 1.54) is 0 Å². The van der Waals surface area contributed by atoms with Crippen LogP contribution in [0.25, 0.3) is 0 Å². The average molecular weight is 326 g/mol. The second-order valence-electron chi connectivity index (χ2n) is 5.80. The summed E-state index contributed by atoms with van der Waals surface area (Å²) in [4.78, 5) is 0. The van der Waals surface area contributed by atoms with E-state index in [-0.39, 0.29) is 0 Å². The van der Waals surface area contributed by atoms with Crippen LogP contribution >= 0.6 is 0 Å². The van der Waals surface area contributed by atoms with Crippen LogP contribution in [-0.4, -0.2) is 11.4 Å². The number of hydrogen-bond donors (Lipinski definition) is 2. The fraction of sp³-hybridized carbons (Fsp3) is 0.0476. The molecular formula is C21H18N4. The summed E-state index contributed by atoms with van der Waals surface area (Å²) in [5.74, 6) is 0. The van der Waals surface area contributed by atoms with E-state index in [9.17, 15) is 0 Å². The summed E-state index contributed by atoms with van der Waals surface area (Å²) >= 11 is 0. The van der Waals surface area contributed by atoms with Crippen LogP contribution in [0.4, 0.5) is 11.4 Å². The lowest BCUT2D eigenvalue weighted by Crippen LogP contribution is -2.02. The summed E-state index contributed by atoms with van der Waals surface area (Å²) in [6.07, 6.45) is 0.693. The number of nitrogens with zero attached hydrogens (tertiary/aromatic N) is 2. The molecule has 0 bridgehead atoms. The predicted molar refractivity (Wildman–Crippen MR) is 104 cm³/mol. The van der Waals surface area contributed by atoms with E-state index in [1.54, 1.807) is 0 Å². The number of hydrogen-bond acceptors (Lipinski definition) is 4. The molecule has 1 aliphatic carbocycles. The highest BCUT2D eigenvalue weighted by Gasteiger charge is 2.23. The Morgan fingerprint density at radius 1 is 0.520 bits per heavy atom. The minimum Gasteiger partial charge on any atom is -0.278 e. The Balaban J connectivity index is 1.59. The van der Waals surface area contributed by atoms with Crippen LogP contribution < -0.4 is 10.9 Å². The molecule has 4 heteroatoms. The van der Waals surface area contributed by atoms with Crippen molar-refractivity contribution in [3.8, 4) is 0 Å². The van der Waals surface area contributed by atoms with Gasteiger partial charge in [-0.1, -0.05) is 60.7 Å². The largest absolute Gasteiger partial charge is 0.278 e. The molecule has 3 aromatic carbocycles. The van der Waals surface area contributed by atoms with Gasteiger partial charge in [-0.25, -0.2) is 0 Å². The Morgan fingerprint density at radius 2 is 0.920 bits per heavy atom. The van der Waals surface area contributed by atoms with Crippen molar-refractivity contribution in [2.24, 2.45) is 10.2 Å². The van der Waals surface area contributed by atoms with Crippen molar-refractivity contribution in [2.75, 3.05) is 10.9 Å². The van der Waals surface area contributed by atoms with Crippen LogP contribution in [0.3, 0.4) is 0 Å². The van der Waals surface area contributed by atoms with Crippen LogP contribution in [0.15, 0.2) is 95.1 Å². The zero-order valence-corrected chi connectivity index (χ0v) is 13.7. The summed E-state index contributed by atoms with van der Waals surface area (Å²) in [6, 6.07) is 28.2. The van der Waals surface area contributed by atoms with Gasteiger partial charge < -0.3 is 0 Å². The van der Waals surface area contributed by atoms with E-state index >= 15 is 0 Å². The van der Waals surface area contributed by atoms with Crippen molar-refractivity contribution in [1.82, 2.24) is 0 Å². The molecule has 0 unspecified atom stereocenters. The van der Waals surface area contributed by atoms with Gasteiger partial charge in [0.15, 0.2) is 0 Å². The molecule has 4 nitrogen and oxygen atoms in total. The van der Waals surface area contributed by atoms with Crippen molar-refractivity contribution in [2.45, 2.75) is 6.42 Å². The van der Waals surface area contributed by atoms with E-state index in [1.807, 2.05) is 72.8 Å². The number of benzene rings is 3. The minimum absolute atomic E-state index is 0.693. The molecule has 0 atom stereocenters. The highest BCUT2D eigenvalue weighted by molar-refractivity contribution is 6.28. The molecule has 4 rings (SSSR count). The number of rotatable bonds is 4. The summed E-state index contributed by atoms with van der Waals surface area (Å²) in [5.41, 5.74) is 12.5. The van der Waals surface area contributed by atoms with Gasteiger partial charge in [0.05, 0.1) is 22.8 Å². The van der Waals surface area contributed by atoms with E-state index < -0.39 is 0 Å². The highest BCUT2D eigenvalue weighted by atomic mass is 15.3. The zero-order valence-electron chi connectivity index (χ0n) is 13.7. The van der Waals surface area contributed by atoms with Crippen LogP contribution in [0, 0.1) is 0 Å². The highest BCUT2D eigenvalue weighted by Crippen LogP contribution is 2.24. The number of para-hydroxylation sites is 2. The molecule has 0 spiro atoms. The molecule has 0 aliphatic heterocycles. The molecule has 0 radical (unpaired) electrons. The van der Waals surface area contributed by atoms with E-state index in [0.29, 0.717) is 6.42 Å². The normalized spacial score (nSPS) is 16.0. The maximum absolute atomic E-state index is 4.60. The van der Waals surface area contributed by atoms with Crippen molar-refractivity contribution in [3.63, 3.8) is 0 Å². The molecule has 2 N–H and O–H groups in total. The first kappa shape index (κ1) is 15.1. The number of fused-ring (bicyclic) bond motifs is 1. The smallest absolute Gasteiger partial charge is 0.0746 e. The predicted octanol–water partition coefficient (Wildman–Crippen LogP) is 4.72. The minimum atomic E-state index is 0.693. The number of nitrogens with one attached hydrogen (secondary N) is 2. The Labute approximate surface area is 146 Å². The van der Waals surface area contributed by atoms with Gasteiger partial charge in [0.1, 0.15) is 0 Å². The fourth-order valence-electron chi connectivity index (χ4n) is 2.82. The molecule has 0 amide bonds. The van der Waals surface area contributed by atoms with E-state index in [2.05, 4.69) is 33.2 Å². The van der Waals surface area contributed by atoms with Gasteiger partial charge in [-0.15, -0.1) is 0 Å². The summed E-state index contributed by atoms with van der Waals surface area (Å²) in [7, 11) is 0. The topological polar surface area (TPSA) is 48.8 Å². The first-order valence-electron chi connectivity index (χ1n) is 8.25. The Bertz CT molecular complexity index is 838. The summed E-state index contributed by atoms with van der Waals surface area (Å²) in [5, 5.41) is 9.20.